The van der Waals surface area contributed by atoms with Gasteiger partial charge in [-0.25, -0.2) is 8.42 Å². The van der Waals surface area contributed by atoms with Crippen LogP contribution in [0, 0.1) is 15.5 Å². The Kier molecular flexibility index (Phi) is 15.7. The van der Waals surface area contributed by atoms with Crippen LogP contribution in [0.1, 0.15) is 75.8 Å². The van der Waals surface area contributed by atoms with Crippen molar-refractivity contribution in [1.29, 1.82) is 0 Å². The summed E-state index contributed by atoms with van der Waals surface area (Å²) >= 11 is 6.82. The largest absolute Gasteiger partial charge is 0.407 e. The second kappa shape index (κ2) is 20.3. The van der Waals surface area contributed by atoms with E-state index in [0.717, 1.165) is 45.7 Å². The van der Waals surface area contributed by atoms with Gasteiger partial charge in [-0.3, -0.25) is 14.9 Å². The number of nitrogens with zero attached hydrogens (tertiary/aromatic N) is 4. The molecule has 3 atom stereocenters. The van der Waals surface area contributed by atoms with Crippen LogP contribution in [-0.4, -0.2) is 61.5 Å². The van der Waals surface area contributed by atoms with Crippen molar-refractivity contribution in [3.8, 4) is 0 Å². The van der Waals surface area contributed by atoms with Crippen molar-refractivity contribution in [2.24, 2.45) is 12.5 Å². The van der Waals surface area contributed by atoms with E-state index >= 15 is 4.79 Å². The third-order valence-electron chi connectivity index (χ3n) is 12.5. The molecule has 5 aromatic rings. The van der Waals surface area contributed by atoms with Crippen LogP contribution in [0.15, 0.2) is 127 Å². The third-order valence-corrected chi connectivity index (χ3v) is 19.6. The number of hydrogen-bond acceptors (Lipinski definition) is 6. The van der Waals surface area contributed by atoms with Gasteiger partial charge in [0, 0.05) is 44.2 Å². The summed E-state index contributed by atoms with van der Waals surface area (Å²) < 4.78 is 39.5. The summed E-state index contributed by atoms with van der Waals surface area (Å²) in [6.45, 7) is 12.7. The Morgan fingerprint density at radius 1 is 0.900 bits per heavy atom. The lowest BCUT2D eigenvalue weighted by Crippen LogP contribution is -2.47. The van der Waals surface area contributed by atoms with Gasteiger partial charge in [0.25, 0.3) is 5.69 Å². The average Bonchev–Trinajstić information content (AvgIpc) is 3.52. The number of aryl methyl sites for hydroxylation is 1. The zero-order chi connectivity index (χ0) is 43.7. The molecule has 4 aromatic carbocycles. The number of carbonyl (C=O) groups is 1. The predicted molar refractivity (Wildman–Crippen MR) is 245 cm³/mol. The Morgan fingerprint density at radius 3 is 2.05 bits per heavy atom. The van der Waals surface area contributed by atoms with E-state index in [2.05, 4.69) is 39.5 Å². The highest BCUT2D eigenvalue weighted by Gasteiger charge is 2.44. The maximum atomic E-state index is 15.2. The number of halogens is 1. The molecule has 0 bridgehead atoms. The van der Waals surface area contributed by atoms with Crippen LogP contribution >= 0.6 is 11.6 Å². The molecule has 1 amide bonds. The van der Waals surface area contributed by atoms with Crippen LogP contribution < -0.4 is 0 Å². The van der Waals surface area contributed by atoms with E-state index in [-0.39, 0.29) is 43.2 Å². The van der Waals surface area contributed by atoms with Gasteiger partial charge in [0.1, 0.15) is 5.15 Å². The van der Waals surface area contributed by atoms with E-state index in [0.29, 0.717) is 11.6 Å². The Balaban J connectivity index is 1.50. The number of likely N-dealkylation sites (N-methyl/N-ethyl adjacent to an activating group) is 1. The molecule has 0 radical (unpaired) electrons. The molecule has 5 rings (SSSR count). The molecule has 13 heteroatoms. The first kappa shape index (κ1) is 46.5. The summed E-state index contributed by atoms with van der Waals surface area (Å²) in [5.41, 5.74) is 2.06. The summed E-state index contributed by atoms with van der Waals surface area (Å²) in [7, 11) is -2.91. The number of nitro groups is 1. The molecule has 0 spiro atoms. The Morgan fingerprint density at radius 2 is 1.47 bits per heavy atom. The lowest BCUT2D eigenvalue weighted by Gasteiger charge is -2.43. The molecule has 1 aromatic heterocycles. The van der Waals surface area contributed by atoms with Gasteiger partial charge >= 0.3 is 0 Å². The molecule has 0 aliphatic carbocycles. The highest BCUT2D eigenvalue weighted by Crippen LogP contribution is 2.44. The maximum Gasteiger partial charge on any atom is 0.289 e. The van der Waals surface area contributed by atoms with Crippen molar-refractivity contribution in [2.75, 3.05) is 20.1 Å². The standard InChI is InChI=1S/C47H59ClN4O6SSi/c1-8-47(9-2,46(53)50(7)43(36-24-15-13-16-25-36)44(37-26-17-14-18-27-37)58-60(10-3,11-4)12-5)33-23-34-51(59(56,57)42-31-22-21-30-41(42)52(54)55)35-32-39-38-28-19-20-29-40(38)49(6)45(39)48/h8,13-22,24-31,43-44H,1,9-12,23,32-35H2,2-7H3/t43-,44-,47-/m0/s1. The molecular formula is C47H59ClN4O6SSi. The highest BCUT2D eigenvalue weighted by atomic mass is 35.5. The first-order valence-corrected chi connectivity index (χ1v) is 25.2. The van der Waals surface area contributed by atoms with E-state index in [1.807, 2.05) is 103 Å². The van der Waals surface area contributed by atoms with Gasteiger partial charge < -0.3 is 13.9 Å². The number of para-hydroxylation sites is 2. The fourth-order valence-electron chi connectivity index (χ4n) is 8.53. The molecule has 0 saturated carbocycles. The fraction of sp³-hybridized carbons (Fsp3) is 0.383. The maximum absolute atomic E-state index is 15.2. The highest BCUT2D eigenvalue weighted by molar-refractivity contribution is 7.89. The minimum absolute atomic E-state index is 0.00115. The van der Waals surface area contributed by atoms with Gasteiger partial charge in [-0.1, -0.05) is 136 Å². The first-order chi connectivity index (χ1) is 28.7. The number of carbonyl (C=O) groups excluding carboxylic acids is 1. The SMILES string of the molecule is C=C[C@](CC)(CCCN(CCc1c(Cl)n(C)c2ccccc12)S(=O)(=O)c1ccccc1[N+](=O)[O-])C(=O)N(C)[C@@H](c1ccccc1)[C@@H](O[Si](CC)(CC)CC)c1ccccc1. The number of hydrogen-bond donors (Lipinski definition) is 0. The van der Waals surface area contributed by atoms with Crippen molar-refractivity contribution in [2.45, 2.75) is 88.6 Å². The molecule has 60 heavy (non-hydrogen) atoms. The Labute approximate surface area is 362 Å². The molecular weight excluding hydrogens is 812 g/mol. The van der Waals surface area contributed by atoms with Crippen molar-refractivity contribution < 1.29 is 22.6 Å². The molecule has 320 valence electrons. The number of sulfonamides is 1. The zero-order valence-electron chi connectivity index (χ0n) is 35.7. The van der Waals surface area contributed by atoms with E-state index in [1.54, 1.807) is 6.08 Å². The number of aromatic nitrogens is 1. The van der Waals surface area contributed by atoms with Gasteiger partial charge in [-0.05, 0) is 72.6 Å². The molecule has 1 heterocycles. The summed E-state index contributed by atoms with van der Waals surface area (Å²) in [5, 5.41) is 13.5. The van der Waals surface area contributed by atoms with Gasteiger partial charge in [-0.15, -0.1) is 6.58 Å². The average molecular weight is 872 g/mol. The van der Waals surface area contributed by atoms with Crippen molar-refractivity contribution in [1.82, 2.24) is 13.8 Å². The van der Waals surface area contributed by atoms with Crippen LogP contribution in [0.5, 0.6) is 0 Å². The molecule has 0 aliphatic rings. The monoisotopic (exact) mass is 870 g/mol. The van der Waals surface area contributed by atoms with E-state index in [1.165, 1.54) is 28.6 Å². The topological polar surface area (TPSA) is 115 Å². The second-order valence-electron chi connectivity index (χ2n) is 15.5. The van der Waals surface area contributed by atoms with E-state index in [9.17, 15) is 18.5 Å². The number of benzene rings is 4. The summed E-state index contributed by atoms with van der Waals surface area (Å²) in [4.78, 5) is 28.1. The molecule has 10 nitrogen and oxygen atoms in total. The molecule has 0 N–H and O–H groups in total. The minimum atomic E-state index is -4.38. The number of fused-ring (bicyclic) bond motifs is 1. The van der Waals surface area contributed by atoms with Crippen molar-refractivity contribution in [3.05, 3.63) is 154 Å². The number of nitro benzene ring substituents is 1. The Bertz CT molecular complexity index is 2350. The zero-order valence-corrected chi connectivity index (χ0v) is 38.3. The van der Waals surface area contributed by atoms with Crippen LogP contribution in [0.4, 0.5) is 5.69 Å². The minimum Gasteiger partial charge on any atom is -0.407 e. The molecule has 0 unspecified atom stereocenters. The third kappa shape index (κ3) is 9.63. The van der Waals surface area contributed by atoms with Gasteiger partial charge in [0.2, 0.25) is 15.9 Å². The quantitative estimate of drug-likeness (QED) is 0.0296. The summed E-state index contributed by atoms with van der Waals surface area (Å²) in [5.74, 6) is -0.147. The van der Waals surface area contributed by atoms with Crippen molar-refractivity contribution in [3.63, 3.8) is 0 Å². The molecule has 0 saturated heterocycles. The van der Waals surface area contributed by atoms with Crippen LogP contribution in [0.3, 0.4) is 0 Å². The molecule has 0 fully saturated rings. The van der Waals surface area contributed by atoms with Gasteiger partial charge in [0.05, 0.1) is 22.5 Å². The summed E-state index contributed by atoms with van der Waals surface area (Å²) in [6.07, 6.45) is 2.49. The van der Waals surface area contributed by atoms with Crippen LogP contribution in [-0.2, 0) is 32.7 Å². The molecule has 0 aliphatic heterocycles. The lowest BCUT2D eigenvalue weighted by molar-refractivity contribution is -0.387. The number of amides is 1. The predicted octanol–water partition coefficient (Wildman–Crippen LogP) is 11.3. The normalized spacial score (nSPS) is 14.1. The lowest BCUT2D eigenvalue weighted by atomic mass is 9.78. The second-order valence-corrected chi connectivity index (χ2v) is 22.5. The fourth-order valence-corrected chi connectivity index (χ4v) is 13.3. The van der Waals surface area contributed by atoms with Gasteiger partial charge in [-0.2, -0.15) is 4.31 Å². The van der Waals surface area contributed by atoms with Gasteiger partial charge in [0.15, 0.2) is 13.2 Å². The first-order valence-electron chi connectivity index (χ1n) is 20.9. The van der Waals surface area contributed by atoms with E-state index in [4.69, 9.17) is 16.0 Å². The van der Waals surface area contributed by atoms with Crippen LogP contribution in [0.25, 0.3) is 10.9 Å². The van der Waals surface area contributed by atoms with Crippen LogP contribution in [0.2, 0.25) is 23.3 Å². The smallest absolute Gasteiger partial charge is 0.289 e. The Hall–Kier alpha value is -4.59. The van der Waals surface area contributed by atoms with E-state index < -0.39 is 46.5 Å². The number of rotatable bonds is 22. The summed E-state index contributed by atoms with van der Waals surface area (Å²) in [6, 6.07) is 35.6. The van der Waals surface area contributed by atoms with Crippen molar-refractivity contribution >= 4 is 52.4 Å².